The van der Waals surface area contributed by atoms with Gasteiger partial charge >= 0.3 is 0 Å². The van der Waals surface area contributed by atoms with E-state index in [1.54, 1.807) is 30.4 Å². The van der Waals surface area contributed by atoms with Crippen LogP contribution in [0.1, 0.15) is 11.3 Å². The van der Waals surface area contributed by atoms with Crippen molar-refractivity contribution in [2.24, 2.45) is 0 Å². The molecule has 0 aliphatic heterocycles. The Morgan fingerprint density at radius 2 is 1.64 bits per heavy atom. The van der Waals surface area contributed by atoms with E-state index >= 15 is 0 Å². The maximum Gasteiger partial charge on any atom is 0.276 e. The lowest BCUT2D eigenvalue weighted by Gasteiger charge is -1.99. The zero-order valence-electron chi connectivity index (χ0n) is 11.5. The van der Waals surface area contributed by atoms with Gasteiger partial charge in [-0.2, -0.15) is 0 Å². The minimum Gasteiger partial charge on any atom is -0.258 e. The number of nitro groups is 1. The van der Waals surface area contributed by atoms with Crippen molar-refractivity contribution in [3.8, 4) is 0 Å². The third-order valence-corrected chi connectivity index (χ3v) is 3.19. The highest BCUT2D eigenvalue weighted by molar-refractivity contribution is 5.85. The quantitative estimate of drug-likeness (QED) is 0.518. The molecule has 0 unspecified atom stereocenters. The van der Waals surface area contributed by atoms with Gasteiger partial charge in [-0.1, -0.05) is 36.4 Å². The van der Waals surface area contributed by atoms with Crippen LogP contribution in [0.25, 0.3) is 23.1 Å². The SMILES string of the molecule is Cl.O=[N+]([O-])c1ccccc1/C=C/c1ccc2ccccc2n1. The Kier molecular flexibility index (Phi) is 4.86. The second-order valence-electron chi connectivity index (χ2n) is 4.58. The van der Waals surface area contributed by atoms with Gasteiger partial charge in [-0.05, 0) is 30.4 Å². The van der Waals surface area contributed by atoms with E-state index in [4.69, 9.17) is 0 Å². The van der Waals surface area contributed by atoms with Gasteiger partial charge in [0.25, 0.3) is 5.69 Å². The molecule has 0 spiro atoms. The molecule has 0 aliphatic carbocycles. The molecule has 1 heterocycles. The maximum absolute atomic E-state index is 11.0. The Morgan fingerprint density at radius 1 is 0.909 bits per heavy atom. The van der Waals surface area contributed by atoms with Crippen LogP contribution in [-0.4, -0.2) is 9.91 Å². The van der Waals surface area contributed by atoms with Gasteiger partial charge in [-0.25, -0.2) is 4.98 Å². The second-order valence-corrected chi connectivity index (χ2v) is 4.58. The fourth-order valence-electron chi connectivity index (χ4n) is 2.14. The monoisotopic (exact) mass is 312 g/mol. The molecule has 22 heavy (non-hydrogen) atoms. The summed E-state index contributed by atoms with van der Waals surface area (Å²) < 4.78 is 0. The molecule has 3 aromatic rings. The first-order valence-electron chi connectivity index (χ1n) is 6.51. The lowest BCUT2D eigenvalue weighted by molar-refractivity contribution is -0.385. The molecule has 0 fully saturated rings. The van der Waals surface area contributed by atoms with E-state index in [0.29, 0.717) is 5.56 Å². The van der Waals surface area contributed by atoms with Crippen molar-refractivity contribution in [2.45, 2.75) is 0 Å². The molecule has 1 aromatic heterocycles. The number of hydrogen-bond acceptors (Lipinski definition) is 3. The Balaban J connectivity index is 0.00000176. The standard InChI is InChI=1S/C17H12N2O2.ClH/c20-19(21)17-8-4-2-6-14(17)10-12-15-11-9-13-5-1-3-7-16(13)18-15;/h1-12H;1H/b12-10+;. The number of nitro benzene ring substituents is 1. The van der Waals surface area contributed by atoms with Crippen LogP contribution in [-0.2, 0) is 0 Å². The molecule has 0 bridgehead atoms. The second kappa shape index (κ2) is 6.83. The Bertz CT molecular complexity index is 847. The molecule has 3 rings (SSSR count). The summed E-state index contributed by atoms with van der Waals surface area (Å²) in [5.41, 5.74) is 2.33. The summed E-state index contributed by atoms with van der Waals surface area (Å²) in [5, 5.41) is 12.0. The summed E-state index contributed by atoms with van der Waals surface area (Å²) in [6, 6.07) is 18.4. The Hall–Kier alpha value is -2.72. The molecule has 0 radical (unpaired) electrons. The molecule has 4 nitrogen and oxygen atoms in total. The highest BCUT2D eigenvalue weighted by Crippen LogP contribution is 2.20. The molecule has 2 aromatic carbocycles. The van der Waals surface area contributed by atoms with Crippen LogP contribution in [0.5, 0.6) is 0 Å². The van der Waals surface area contributed by atoms with E-state index in [-0.39, 0.29) is 23.0 Å². The Morgan fingerprint density at radius 3 is 2.45 bits per heavy atom. The van der Waals surface area contributed by atoms with Gasteiger partial charge in [0.05, 0.1) is 21.7 Å². The minimum atomic E-state index is -0.381. The summed E-state index contributed by atoms with van der Waals surface area (Å²) in [4.78, 5) is 15.1. The van der Waals surface area contributed by atoms with E-state index in [0.717, 1.165) is 16.6 Å². The van der Waals surface area contributed by atoms with Crippen molar-refractivity contribution < 1.29 is 4.92 Å². The summed E-state index contributed by atoms with van der Waals surface area (Å²) in [5.74, 6) is 0. The average molecular weight is 313 g/mol. The van der Waals surface area contributed by atoms with Gasteiger partial charge in [0, 0.05) is 11.5 Å². The fourth-order valence-corrected chi connectivity index (χ4v) is 2.14. The molecule has 0 saturated carbocycles. The zero-order valence-corrected chi connectivity index (χ0v) is 12.4. The summed E-state index contributed by atoms with van der Waals surface area (Å²) in [6.45, 7) is 0. The molecule has 0 amide bonds. The average Bonchev–Trinajstić information content (AvgIpc) is 2.53. The van der Waals surface area contributed by atoms with Gasteiger partial charge < -0.3 is 0 Å². The van der Waals surface area contributed by atoms with Crippen molar-refractivity contribution in [3.63, 3.8) is 0 Å². The van der Waals surface area contributed by atoms with E-state index in [9.17, 15) is 10.1 Å². The van der Waals surface area contributed by atoms with Crippen LogP contribution < -0.4 is 0 Å². The minimum absolute atomic E-state index is 0. The lowest BCUT2D eigenvalue weighted by Crippen LogP contribution is -1.90. The van der Waals surface area contributed by atoms with Crippen LogP contribution in [0.15, 0.2) is 60.7 Å². The maximum atomic E-state index is 11.0. The number of hydrogen-bond donors (Lipinski definition) is 0. The largest absolute Gasteiger partial charge is 0.276 e. The number of rotatable bonds is 3. The van der Waals surface area contributed by atoms with Gasteiger partial charge in [0.2, 0.25) is 0 Å². The highest BCUT2D eigenvalue weighted by atomic mass is 35.5. The molecular weight excluding hydrogens is 300 g/mol. The number of nitrogens with zero attached hydrogens (tertiary/aromatic N) is 2. The van der Waals surface area contributed by atoms with E-state index in [1.165, 1.54) is 6.07 Å². The normalized spacial score (nSPS) is 10.5. The van der Waals surface area contributed by atoms with E-state index in [2.05, 4.69) is 4.98 Å². The van der Waals surface area contributed by atoms with E-state index < -0.39 is 0 Å². The Labute approximate surface area is 133 Å². The molecule has 0 saturated heterocycles. The molecule has 110 valence electrons. The predicted octanol–water partition coefficient (Wildman–Crippen LogP) is 4.74. The van der Waals surface area contributed by atoms with Crippen LogP contribution in [0.4, 0.5) is 5.69 Å². The molecule has 5 heteroatoms. The molecule has 0 aliphatic rings. The topological polar surface area (TPSA) is 56.0 Å². The smallest absolute Gasteiger partial charge is 0.258 e. The van der Waals surface area contributed by atoms with E-state index in [1.807, 2.05) is 36.4 Å². The van der Waals surface area contributed by atoms with Crippen molar-refractivity contribution in [3.05, 3.63) is 82.0 Å². The van der Waals surface area contributed by atoms with Crippen LogP contribution in [0.2, 0.25) is 0 Å². The number of pyridine rings is 1. The lowest BCUT2D eigenvalue weighted by atomic mass is 10.1. The highest BCUT2D eigenvalue weighted by Gasteiger charge is 2.09. The van der Waals surface area contributed by atoms with Crippen molar-refractivity contribution in [2.75, 3.05) is 0 Å². The van der Waals surface area contributed by atoms with Crippen LogP contribution in [0.3, 0.4) is 0 Å². The summed E-state index contributed by atoms with van der Waals surface area (Å²) >= 11 is 0. The van der Waals surface area contributed by atoms with Gasteiger partial charge in [-0.15, -0.1) is 12.4 Å². The van der Waals surface area contributed by atoms with Gasteiger partial charge in [0.1, 0.15) is 0 Å². The fraction of sp³-hybridized carbons (Fsp3) is 0. The number of aromatic nitrogens is 1. The van der Waals surface area contributed by atoms with Crippen molar-refractivity contribution in [1.29, 1.82) is 0 Å². The third-order valence-electron chi connectivity index (χ3n) is 3.19. The predicted molar refractivity (Wildman–Crippen MR) is 91.0 cm³/mol. The first-order chi connectivity index (χ1) is 10.2. The van der Waals surface area contributed by atoms with Crippen molar-refractivity contribution in [1.82, 2.24) is 4.98 Å². The number of benzene rings is 2. The first kappa shape index (κ1) is 15.7. The number of halogens is 1. The first-order valence-corrected chi connectivity index (χ1v) is 6.51. The molecule has 0 N–H and O–H groups in total. The van der Waals surface area contributed by atoms with Crippen molar-refractivity contribution >= 4 is 41.1 Å². The molecule has 0 atom stereocenters. The zero-order chi connectivity index (χ0) is 14.7. The number of fused-ring (bicyclic) bond motifs is 1. The molecular formula is C17H13ClN2O2. The van der Waals surface area contributed by atoms with Gasteiger partial charge in [0.15, 0.2) is 0 Å². The summed E-state index contributed by atoms with van der Waals surface area (Å²) in [6.07, 6.45) is 3.50. The summed E-state index contributed by atoms with van der Waals surface area (Å²) in [7, 11) is 0. The van der Waals surface area contributed by atoms with Crippen LogP contribution >= 0.6 is 12.4 Å². The van der Waals surface area contributed by atoms with Gasteiger partial charge in [-0.3, -0.25) is 10.1 Å². The van der Waals surface area contributed by atoms with Crippen LogP contribution in [0, 0.1) is 10.1 Å². The third kappa shape index (κ3) is 3.30. The number of para-hydroxylation sites is 2.